The second-order valence-electron chi connectivity index (χ2n) is 8.37. The molecule has 2 fully saturated rings. The largest absolute Gasteiger partial charge is 0.478 e. The average Bonchev–Trinajstić information content (AvgIpc) is 3.18. The number of carbonyl (C=O) groups is 2. The zero-order valence-electron chi connectivity index (χ0n) is 17.9. The van der Waals surface area contributed by atoms with Gasteiger partial charge in [-0.05, 0) is 50.5 Å². The van der Waals surface area contributed by atoms with E-state index in [1.807, 2.05) is 37.3 Å². The Hall–Kier alpha value is -2.09. The number of rotatable bonds is 9. The van der Waals surface area contributed by atoms with Crippen LogP contribution in [0.2, 0.25) is 0 Å². The number of aryl methyl sites for hydroxylation is 1. The van der Waals surface area contributed by atoms with E-state index < -0.39 is 17.8 Å². The molecule has 0 unspecified atom stereocenters. The van der Waals surface area contributed by atoms with Crippen LogP contribution in [-0.2, 0) is 16.0 Å². The first-order chi connectivity index (χ1) is 14.8. The van der Waals surface area contributed by atoms with Crippen molar-refractivity contribution in [1.29, 1.82) is 0 Å². The number of carboxylic acids is 1. The molecule has 2 saturated heterocycles. The van der Waals surface area contributed by atoms with Crippen molar-refractivity contribution in [2.24, 2.45) is 5.92 Å². The molecule has 2 aliphatic heterocycles. The van der Waals surface area contributed by atoms with E-state index in [9.17, 15) is 19.8 Å². The second kappa shape index (κ2) is 10.5. The Morgan fingerprint density at radius 1 is 1.39 bits per heavy atom. The predicted octanol–water partition coefficient (Wildman–Crippen LogP) is 4.30. The first-order valence-corrected chi connectivity index (χ1v) is 11.7. The number of hydrogen-bond acceptors (Lipinski definition) is 5. The second-order valence-corrected chi connectivity index (χ2v) is 9.36. The van der Waals surface area contributed by atoms with Gasteiger partial charge in [-0.15, -0.1) is 6.58 Å². The van der Waals surface area contributed by atoms with Gasteiger partial charge in [0.1, 0.15) is 0 Å². The van der Waals surface area contributed by atoms with E-state index >= 15 is 0 Å². The van der Waals surface area contributed by atoms with Gasteiger partial charge in [-0.2, -0.15) is 0 Å². The maximum atomic E-state index is 12.2. The van der Waals surface area contributed by atoms with E-state index in [-0.39, 0.29) is 23.7 Å². The fraction of sp³-hybridized carbons (Fsp3) is 0.500. The number of hydrogen-bond donors (Lipinski definition) is 3. The van der Waals surface area contributed by atoms with Gasteiger partial charge >= 0.3 is 5.97 Å². The molecule has 3 rings (SSSR count). The van der Waals surface area contributed by atoms with Crippen molar-refractivity contribution in [3.05, 3.63) is 59.7 Å². The van der Waals surface area contributed by atoms with Crippen molar-refractivity contribution in [1.82, 2.24) is 5.32 Å². The van der Waals surface area contributed by atoms with Crippen molar-refractivity contribution in [2.45, 2.75) is 63.4 Å². The number of ether oxygens (including phenoxy) is 1. The maximum Gasteiger partial charge on any atom is 0.331 e. The summed E-state index contributed by atoms with van der Waals surface area (Å²) >= 11 is 1.11. The van der Waals surface area contributed by atoms with Crippen LogP contribution in [0.3, 0.4) is 0 Å². The van der Waals surface area contributed by atoms with E-state index in [1.54, 1.807) is 6.08 Å². The Balaban J connectivity index is 1.85. The number of carbonyl (C=O) groups excluding carboxylic acids is 1. The van der Waals surface area contributed by atoms with E-state index in [0.29, 0.717) is 37.0 Å². The zero-order chi connectivity index (χ0) is 22.4. The number of nitrogens with one attached hydrogen (secondary N) is 1. The molecule has 2 aliphatic rings. The quantitative estimate of drug-likeness (QED) is 0.388. The van der Waals surface area contributed by atoms with Gasteiger partial charge in [0.25, 0.3) is 5.24 Å². The van der Waals surface area contributed by atoms with Gasteiger partial charge in [0, 0.05) is 17.7 Å². The highest BCUT2D eigenvalue weighted by molar-refractivity contribution is 8.14. The smallest absolute Gasteiger partial charge is 0.331 e. The summed E-state index contributed by atoms with van der Waals surface area (Å²) in [5.74, 6) is -2.51. The van der Waals surface area contributed by atoms with Crippen LogP contribution in [0.1, 0.15) is 44.6 Å². The fourth-order valence-corrected chi connectivity index (χ4v) is 5.41. The minimum atomic E-state index is -1.59. The van der Waals surface area contributed by atoms with Gasteiger partial charge in [0.2, 0.25) is 0 Å². The lowest BCUT2D eigenvalue weighted by molar-refractivity contribution is -0.272. The molecule has 1 aromatic rings. The van der Waals surface area contributed by atoms with Gasteiger partial charge in [-0.1, -0.05) is 53.7 Å². The van der Waals surface area contributed by atoms with Gasteiger partial charge in [0.05, 0.1) is 12.1 Å². The highest BCUT2D eigenvalue weighted by atomic mass is 32.2. The molecule has 2 heterocycles. The number of benzene rings is 1. The Bertz CT molecular complexity index is 840. The summed E-state index contributed by atoms with van der Waals surface area (Å²) in [6.07, 6.45) is 4.87. The Kier molecular flexibility index (Phi) is 7.97. The Morgan fingerprint density at radius 2 is 2.13 bits per heavy atom. The fourth-order valence-electron chi connectivity index (χ4n) is 4.52. The van der Waals surface area contributed by atoms with Crippen molar-refractivity contribution in [2.75, 3.05) is 5.75 Å². The molecule has 31 heavy (non-hydrogen) atoms. The van der Waals surface area contributed by atoms with E-state index in [2.05, 4.69) is 11.9 Å². The third kappa shape index (κ3) is 5.99. The van der Waals surface area contributed by atoms with E-state index in [0.717, 1.165) is 29.3 Å². The van der Waals surface area contributed by atoms with Gasteiger partial charge in [-0.3, -0.25) is 4.79 Å². The van der Waals surface area contributed by atoms with Crippen LogP contribution in [0.25, 0.3) is 0 Å². The number of amides is 1. The minimum absolute atomic E-state index is 0.146. The Morgan fingerprint density at radius 3 is 2.74 bits per heavy atom. The summed E-state index contributed by atoms with van der Waals surface area (Å²) in [7, 11) is 0. The van der Waals surface area contributed by atoms with Crippen LogP contribution in [-0.4, -0.2) is 45.1 Å². The summed E-state index contributed by atoms with van der Waals surface area (Å²) in [6.45, 7) is 5.57. The first-order valence-electron chi connectivity index (χ1n) is 10.7. The molecule has 0 saturated carbocycles. The lowest BCUT2D eigenvalue weighted by Crippen LogP contribution is -2.57. The lowest BCUT2D eigenvalue weighted by Gasteiger charge is -2.44. The van der Waals surface area contributed by atoms with Gasteiger partial charge in [-0.25, -0.2) is 4.79 Å². The predicted molar refractivity (Wildman–Crippen MR) is 122 cm³/mol. The molecule has 1 aromatic carbocycles. The molecule has 6 nitrogen and oxygen atoms in total. The monoisotopic (exact) mass is 445 g/mol. The molecule has 0 radical (unpaired) electrons. The standard InChI is InChI=1S/C24H31NO5S/c1-3-4-8-16(2)21(22(26)27)18-13-19(12-11-17-9-6-5-7-10-17)30-24(29,14-18)20-15-31-23(28)25-20/h3,5-7,9-10,18-20,29H,1,4,8,11-15H2,2H3,(H,25,28)(H,26,27)/t18-,19-,20+,24-/m1/s1. The highest BCUT2D eigenvalue weighted by Gasteiger charge is 2.50. The maximum absolute atomic E-state index is 12.2. The number of aliphatic carboxylic acids is 1. The normalized spacial score (nSPS) is 29.2. The zero-order valence-corrected chi connectivity index (χ0v) is 18.7. The summed E-state index contributed by atoms with van der Waals surface area (Å²) in [5, 5.41) is 24.0. The molecule has 4 atom stereocenters. The van der Waals surface area contributed by atoms with Crippen LogP contribution in [0, 0.1) is 5.92 Å². The first kappa shape index (κ1) is 23.6. The molecule has 0 bridgehead atoms. The number of thioether (sulfide) groups is 1. The lowest BCUT2D eigenvalue weighted by atomic mass is 9.78. The highest BCUT2D eigenvalue weighted by Crippen LogP contribution is 2.41. The third-order valence-corrected chi connectivity index (χ3v) is 6.97. The van der Waals surface area contributed by atoms with Crippen LogP contribution >= 0.6 is 11.8 Å². The molecular formula is C24H31NO5S. The molecule has 7 heteroatoms. The summed E-state index contributed by atoms with van der Waals surface area (Å²) in [5.41, 5.74) is 2.32. The van der Waals surface area contributed by atoms with Crippen LogP contribution < -0.4 is 5.32 Å². The molecule has 1 amide bonds. The van der Waals surface area contributed by atoms with Gasteiger partial charge in [0.15, 0.2) is 5.79 Å². The van der Waals surface area contributed by atoms with Crippen molar-refractivity contribution >= 4 is 23.0 Å². The van der Waals surface area contributed by atoms with Crippen molar-refractivity contribution < 1.29 is 24.5 Å². The summed E-state index contributed by atoms with van der Waals surface area (Å²) in [6, 6.07) is 9.46. The minimum Gasteiger partial charge on any atom is -0.478 e. The number of allylic oxidation sites excluding steroid dienone is 2. The number of carboxylic acid groups (broad SMARTS) is 1. The molecule has 0 spiro atoms. The average molecular weight is 446 g/mol. The van der Waals surface area contributed by atoms with E-state index in [4.69, 9.17) is 4.74 Å². The number of aliphatic hydroxyl groups is 1. The molecule has 168 valence electrons. The van der Waals surface area contributed by atoms with Gasteiger partial charge < -0.3 is 20.3 Å². The topological polar surface area (TPSA) is 95.9 Å². The van der Waals surface area contributed by atoms with Crippen LogP contribution in [0.5, 0.6) is 0 Å². The molecular weight excluding hydrogens is 414 g/mol. The summed E-state index contributed by atoms with van der Waals surface area (Å²) in [4.78, 5) is 23.9. The van der Waals surface area contributed by atoms with Crippen LogP contribution in [0.15, 0.2) is 54.1 Å². The van der Waals surface area contributed by atoms with Crippen molar-refractivity contribution in [3.8, 4) is 0 Å². The molecule has 0 aromatic heterocycles. The van der Waals surface area contributed by atoms with Crippen LogP contribution in [0.4, 0.5) is 4.79 Å². The Labute approximate surface area is 187 Å². The molecule has 0 aliphatic carbocycles. The molecule has 3 N–H and O–H groups in total. The van der Waals surface area contributed by atoms with E-state index in [1.165, 1.54) is 0 Å². The van der Waals surface area contributed by atoms with Crippen molar-refractivity contribution in [3.63, 3.8) is 0 Å². The SMILES string of the molecule is C=CCCC(C)=C(C(=O)O)[C@@H]1C[C@@H](CCc2ccccc2)O[C@@](O)([C@@H]2CSC(=O)N2)C1. The summed E-state index contributed by atoms with van der Waals surface area (Å²) < 4.78 is 6.14. The third-order valence-electron chi connectivity index (χ3n) is 6.09.